The number of benzene rings is 1. The molecule has 1 saturated carbocycles. The number of amides is 2. The van der Waals surface area contributed by atoms with E-state index in [1.807, 2.05) is 12.1 Å². The molecule has 1 aliphatic carbocycles. The van der Waals surface area contributed by atoms with Crippen molar-refractivity contribution in [1.82, 2.24) is 15.8 Å². The van der Waals surface area contributed by atoms with Gasteiger partial charge in [-0.15, -0.1) is 0 Å². The van der Waals surface area contributed by atoms with Crippen LogP contribution in [0.5, 0.6) is 5.75 Å². The van der Waals surface area contributed by atoms with Crippen LogP contribution in [0.4, 0.5) is 0 Å². The maximum absolute atomic E-state index is 11.8. The van der Waals surface area contributed by atoms with Gasteiger partial charge in [-0.3, -0.25) is 25.4 Å². The van der Waals surface area contributed by atoms with Gasteiger partial charge in [-0.2, -0.15) is 0 Å². The molecule has 2 aromatic rings. The topological polar surface area (TPSA) is 80.3 Å². The van der Waals surface area contributed by atoms with E-state index in [9.17, 15) is 9.59 Å². The highest BCUT2D eigenvalue weighted by molar-refractivity contribution is 5.95. The summed E-state index contributed by atoms with van der Waals surface area (Å²) < 4.78 is 5.47. The van der Waals surface area contributed by atoms with E-state index in [2.05, 4.69) is 28.0 Å². The summed E-state index contributed by atoms with van der Waals surface area (Å²) in [6, 6.07) is 11.1. The predicted octanol–water partition coefficient (Wildman–Crippen LogP) is 2.97. The zero-order chi connectivity index (χ0) is 18.2. The number of carbonyl (C=O) groups excluding carboxylic acids is 2. The summed E-state index contributed by atoms with van der Waals surface area (Å²) in [6.45, 7) is -0.167. The third-order valence-corrected chi connectivity index (χ3v) is 4.58. The van der Waals surface area contributed by atoms with Gasteiger partial charge in [0.15, 0.2) is 6.61 Å². The van der Waals surface area contributed by atoms with Crippen molar-refractivity contribution in [3.05, 3.63) is 59.9 Å². The van der Waals surface area contributed by atoms with E-state index in [0.29, 0.717) is 17.2 Å². The second-order valence-electron chi connectivity index (χ2n) is 6.43. The Morgan fingerprint density at radius 3 is 2.35 bits per heavy atom. The lowest BCUT2D eigenvalue weighted by Gasteiger charge is -2.22. The third kappa shape index (κ3) is 5.05. The van der Waals surface area contributed by atoms with Crippen molar-refractivity contribution in [2.75, 3.05) is 6.61 Å². The summed E-state index contributed by atoms with van der Waals surface area (Å²) in [5, 5.41) is 0. The number of aromatic nitrogens is 1. The number of carbonyl (C=O) groups is 2. The van der Waals surface area contributed by atoms with Gasteiger partial charge in [0.2, 0.25) is 0 Å². The largest absolute Gasteiger partial charge is 0.484 e. The van der Waals surface area contributed by atoms with E-state index in [1.165, 1.54) is 50.1 Å². The minimum absolute atomic E-state index is 0.167. The molecule has 6 nitrogen and oxygen atoms in total. The van der Waals surface area contributed by atoms with Crippen molar-refractivity contribution >= 4 is 11.8 Å². The van der Waals surface area contributed by atoms with Crippen molar-refractivity contribution in [1.29, 1.82) is 0 Å². The average molecular weight is 353 g/mol. The fraction of sp³-hybridized carbons (Fsp3) is 0.350. The molecule has 0 aliphatic heterocycles. The fourth-order valence-electron chi connectivity index (χ4n) is 3.16. The normalized spacial score (nSPS) is 14.5. The number of hydrogen-bond donors (Lipinski definition) is 2. The van der Waals surface area contributed by atoms with E-state index in [0.717, 1.165) is 0 Å². The van der Waals surface area contributed by atoms with Crippen LogP contribution in [0.1, 0.15) is 53.9 Å². The van der Waals surface area contributed by atoms with Crippen molar-refractivity contribution in [3.63, 3.8) is 0 Å². The van der Waals surface area contributed by atoms with Crippen LogP contribution < -0.4 is 15.6 Å². The molecule has 136 valence electrons. The Morgan fingerprint density at radius 1 is 0.962 bits per heavy atom. The smallest absolute Gasteiger partial charge is 0.276 e. The zero-order valence-corrected chi connectivity index (χ0v) is 14.6. The first-order valence-corrected chi connectivity index (χ1v) is 8.94. The highest BCUT2D eigenvalue weighted by atomic mass is 16.5. The summed E-state index contributed by atoms with van der Waals surface area (Å²) in [7, 11) is 0. The minimum Gasteiger partial charge on any atom is -0.484 e. The van der Waals surface area contributed by atoms with Gasteiger partial charge >= 0.3 is 0 Å². The lowest BCUT2D eigenvalue weighted by atomic mass is 9.84. The van der Waals surface area contributed by atoms with E-state index < -0.39 is 11.8 Å². The summed E-state index contributed by atoms with van der Waals surface area (Å²) in [5.74, 6) is 0.450. The predicted molar refractivity (Wildman–Crippen MR) is 97.6 cm³/mol. The highest BCUT2D eigenvalue weighted by Gasteiger charge is 2.15. The molecule has 1 aromatic heterocycles. The van der Waals surface area contributed by atoms with Crippen LogP contribution >= 0.6 is 0 Å². The Hall–Kier alpha value is -2.89. The first kappa shape index (κ1) is 17.9. The molecular formula is C20H23N3O3. The number of hydrazine groups is 1. The van der Waals surface area contributed by atoms with E-state index in [4.69, 9.17) is 4.74 Å². The number of nitrogens with zero attached hydrogens (tertiary/aromatic N) is 1. The highest BCUT2D eigenvalue weighted by Crippen LogP contribution is 2.33. The molecule has 1 heterocycles. The molecule has 0 radical (unpaired) electrons. The quantitative estimate of drug-likeness (QED) is 0.810. The average Bonchev–Trinajstić information content (AvgIpc) is 2.72. The Balaban J connectivity index is 1.42. The molecule has 1 fully saturated rings. The molecule has 0 atom stereocenters. The standard InChI is InChI=1S/C20H23N3O3/c24-19(22-23-20(25)17-10-12-21-13-11-17)14-26-18-8-6-16(7-9-18)15-4-2-1-3-5-15/h6-13,15H,1-5,14H2,(H,22,24)(H,23,25). The number of nitrogens with one attached hydrogen (secondary N) is 2. The fourth-order valence-corrected chi connectivity index (χ4v) is 3.16. The van der Waals surface area contributed by atoms with Gasteiger partial charge in [-0.25, -0.2) is 0 Å². The molecular weight excluding hydrogens is 330 g/mol. The molecule has 0 saturated heterocycles. The molecule has 0 bridgehead atoms. The van der Waals surface area contributed by atoms with Gasteiger partial charge in [-0.1, -0.05) is 31.4 Å². The summed E-state index contributed by atoms with van der Waals surface area (Å²) >= 11 is 0. The molecule has 0 spiro atoms. The van der Waals surface area contributed by atoms with Crippen LogP contribution in [-0.2, 0) is 4.79 Å². The van der Waals surface area contributed by atoms with Gasteiger partial charge in [0.1, 0.15) is 5.75 Å². The Bertz CT molecular complexity index is 726. The second kappa shape index (κ2) is 8.99. The number of rotatable bonds is 5. The lowest BCUT2D eigenvalue weighted by Crippen LogP contribution is -2.43. The number of hydrogen-bond acceptors (Lipinski definition) is 4. The van der Waals surface area contributed by atoms with Crippen molar-refractivity contribution in [2.45, 2.75) is 38.0 Å². The first-order chi connectivity index (χ1) is 12.7. The molecule has 3 rings (SSSR count). The number of pyridine rings is 1. The Labute approximate surface area is 152 Å². The molecule has 0 unspecified atom stereocenters. The van der Waals surface area contributed by atoms with Gasteiger partial charge in [0.25, 0.3) is 11.8 Å². The van der Waals surface area contributed by atoms with E-state index >= 15 is 0 Å². The Kier molecular flexibility index (Phi) is 6.19. The van der Waals surface area contributed by atoms with Crippen LogP contribution in [0.3, 0.4) is 0 Å². The van der Waals surface area contributed by atoms with E-state index in [-0.39, 0.29) is 6.61 Å². The van der Waals surface area contributed by atoms with Gasteiger partial charge in [0.05, 0.1) is 0 Å². The second-order valence-corrected chi connectivity index (χ2v) is 6.43. The molecule has 26 heavy (non-hydrogen) atoms. The number of ether oxygens (including phenoxy) is 1. The van der Waals surface area contributed by atoms with E-state index in [1.54, 1.807) is 12.1 Å². The summed E-state index contributed by atoms with van der Waals surface area (Å²) in [5.41, 5.74) is 6.43. The maximum atomic E-state index is 11.8. The van der Waals surface area contributed by atoms with Crippen LogP contribution in [-0.4, -0.2) is 23.4 Å². The molecule has 6 heteroatoms. The van der Waals surface area contributed by atoms with Crippen molar-refractivity contribution < 1.29 is 14.3 Å². The SMILES string of the molecule is O=C(COc1ccc(C2CCCCC2)cc1)NNC(=O)c1ccncc1. The van der Waals surface area contributed by atoms with Crippen LogP contribution in [0.2, 0.25) is 0 Å². The molecule has 1 aliphatic rings. The lowest BCUT2D eigenvalue weighted by molar-refractivity contribution is -0.123. The van der Waals surface area contributed by atoms with Crippen molar-refractivity contribution in [3.8, 4) is 5.75 Å². The van der Waals surface area contributed by atoms with Crippen LogP contribution in [0, 0.1) is 0 Å². The molecule has 2 N–H and O–H groups in total. The summed E-state index contributed by atoms with van der Waals surface area (Å²) in [4.78, 5) is 27.5. The van der Waals surface area contributed by atoms with Crippen molar-refractivity contribution in [2.24, 2.45) is 0 Å². The maximum Gasteiger partial charge on any atom is 0.276 e. The van der Waals surface area contributed by atoms with Gasteiger partial charge in [0, 0.05) is 18.0 Å². The van der Waals surface area contributed by atoms with Crippen LogP contribution in [0.15, 0.2) is 48.8 Å². The third-order valence-electron chi connectivity index (χ3n) is 4.58. The van der Waals surface area contributed by atoms with Gasteiger partial charge < -0.3 is 4.74 Å². The minimum atomic E-state index is -0.427. The Morgan fingerprint density at radius 2 is 1.65 bits per heavy atom. The summed E-state index contributed by atoms with van der Waals surface area (Å²) in [6.07, 6.45) is 9.46. The van der Waals surface area contributed by atoms with Crippen LogP contribution in [0.25, 0.3) is 0 Å². The monoisotopic (exact) mass is 353 g/mol. The molecule has 2 amide bonds. The van der Waals surface area contributed by atoms with Gasteiger partial charge in [-0.05, 0) is 48.6 Å². The molecule has 1 aromatic carbocycles. The first-order valence-electron chi connectivity index (χ1n) is 8.94. The zero-order valence-electron chi connectivity index (χ0n) is 14.6.